The Kier molecular flexibility index (Phi) is 5.53. The molecule has 0 amide bonds. The van der Waals surface area contributed by atoms with Gasteiger partial charge in [0.15, 0.2) is 0 Å². The first-order valence-electron chi connectivity index (χ1n) is 7.12. The molecule has 1 aromatic carbocycles. The Balaban J connectivity index is 2.53. The summed E-state index contributed by atoms with van der Waals surface area (Å²) in [4.78, 5) is 1.24. The molecule has 0 aliphatic heterocycles. The highest BCUT2D eigenvalue weighted by Gasteiger charge is 2.24. The molecular weight excluding hydrogens is 366 g/mol. The number of benzene rings is 1. The van der Waals surface area contributed by atoms with Crippen LogP contribution in [0.1, 0.15) is 49.7 Å². The van der Waals surface area contributed by atoms with Crippen molar-refractivity contribution in [3.05, 3.63) is 55.1 Å². The highest BCUT2D eigenvalue weighted by Crippen LogP contribution is 2.39. The first-order chi connectivity index (χ1) is 9.84. The van der Waals surface area contributed by atoms with Gasteiger partial charge in [0.25, 0.3) is 0 Å². The fraction of sp³-hybridized carbons (Fsp3) is 0.412. The first kappa shape index (κ1) is 17.0. The number of halogens is 2. The highest BCUT2D eigenvalue weighted by atomic mass is 79.9. The van der Waals surface area contributed by atoms with Crippen LogP contribution in [-0.2, 0) is 5.41 Å². The van der Waals surface area contributed by atoms with Crippen molar-refractivity contribution in [2.24, 2.45) is 0 Å². The maximum absolute atomic E-state index is 6.23. The van der Waals surface area contributed by atoms with Crippen LogP contribution in [-0.4, -0.2) is 6.54 Å². The molecule has 114 valence electrons. The predicted molar refractivity (Wildman–Crippen MR) is 97.7 cm³/mol. The normalized spacial score (nSPS) is 13.4. The molecule has 1 N–H and O–H groups in total. The Labute approximate surface area is 144 Å². The van der Waals surface area contributed by atoms with Gasteiger partial charge in [0.1, 0.15) is 4.34 Å². The number of rotatable bonds is 4. The van der Waals surface area contributed by atoms with E-state index in [2.05, 4.69) is 79.3 Å². The summed E-state index contributed by atoms with van der Waals surface area (Å²) in [7, 11) is 0. The summed E-state index contributed by atoms with van der Waals surface area (Å²) in [6.07, 6.45) is 0. The van der Waals surface area contributed by atoms with E-state index in [1.165, 1.54) is 16.0 Å². The zero-order chi connectivity index (χ0) is 15.6. The number of hydrogen-bond donors (Lipinski definition) is 1. The average Bonchev–Trinajstić information content (AvgIpc) is 2.75. The summed E-state index contributed by atoms with van der Waals surface area (Å²) < 4.78 is 1.78. The van der Waals surface area contributed by atoms with E-state index in [4.69, 9.17) is 11.6 Å². The number of nitrogens with one attached hydrogen (secondary N) is 1. The van der Waals surface area contributed by atoms with Gasteiger partial charge in [0.05, 0.1) is 6.04 Å². The van der Waals surface area contributed by atoms with Crippen molar-refractivity contribution in [1.29, 1.82) is 0 Å². The molecule has 2 aromatic rings. The van der Waals surface area contributed by atoms with Gasteiger partial charge in [-0.05, 0) is 45.1 Å². The Hall–Kier alpha value is -0.350. The smallest absolute Gasteiger partial charge is 0.107 e. The first-order valence-corrected chi connectivity index (χ1v) is 9.11. The van der Waals surface area contributed by atoms with Gasteiger partial charge in [0.2, 0.25) is 0 Å². The summed E-state index contributed by atoms with van der Waals surface area (Å²) in [6, 6.07) is 11.0. The zero-order valence-corrected chi connectivity index (χ0v) is 16.0. The molecule has 2 rings (SSSR count). The minimum Gasteiger partial charge on any atom is -0.306 e. The van der Waals surface area contributed by atoms with Crippen molar-refractivity contribution in [3.8, 4) is 0 Å². The lowest BCUT2D eigenvalue weighted by molar-refractivity contribution is 0.559. The molecule has 0 fully saturated rings. The summed E-state index contributed by atoms with van der Waals surface area (Å²) in [5.41, 5.74) is 2.82. The molecule has 0 spiro atoms. The monoisotopic (exact) mass is 385 g/mol. The molecule has 1 nitrogen and oxygen atoms in total. The molecule has 1 atom stereocenters. The van der Waals surface area contributed by atoms with E-state index in [1.54, 1.807) is 11.3 Å². The van der Waals surface area contributed by atoms with Gasteiger partial charge in [-0.15, -0.1) is 11.3 Å². The van der Waals surface area contributed by atoms with E-state index in [1.807, 2.05) is 0 Å². The Bertz CT molecular complexity index is 596. The van der Waals surface area contributed by atoms with Gasteiger partial charge in [-0.25, -0.2) is 0 Å². The average molecular weight is 387 g/mol. The summed E-state index contributed by atoms with van der Waals surface area (Å²) >= 11 is 11.4. The molecule has 1 aromatic heterocycles. The van der Waals surface area contributed by atoms with Crippen molar-refractivity contribution >= 4 is 38.9 Å². The molecule has 21 heavy (non-hydrogen) atoms. The van der Waals surface area contributed by atoms with Crippen molar-refractivity contribution in [3.63, 3.8) is 0 Å². The van der Waals surface area contributed by atoms with Gasteiger partial charge in [-0.2, -0.15) is 0 Å². The van der Waals surface area contributed by atoms with E-state index in [9.17, 15) is 0 Å². The van der Waals surface area contributed by atoms with Crippen LogP contribution >= 0.6 is 38.9 Å². The van der Waals surface area contributed by atoms with Gasteiger partial charge in [-0.1, -0.05) is 63.6 Å². The van der Waals surface area contributed by atoms with Crippen LogP contribution in [0.5, 0.6) is 0 Å². The SMILES string of the molecule is CCNC(c1cc(Br)c(Cl)s1)c1ccccc1C(C)(C)C. The zero-order valence-electron chi connectivity index (χ0n) is 12.8. The fourth-order valence-corrected chi connectivity index (χ4v) is 4.34. The predicted octanol–water partition coefficient (Wildman–Crippen LogP) is 6.16. The van der Waals surface area contributed by atoms with Crippen LogP contribution in [0.3, 0.4) is 0 Å². The molecule has 1 unspecified atom stereocenters. The van der Waals surface area contributed by atoms with Gasteiger partial charge >= 0.3 is 0 Å². The van der Waals surface area contributed by atoms with Gasteiger partial charge in [0, 0.05) is 9.35 Å². The molecule has 1 heterocycles. The molecule has 4 heteroatoms. The second-order valence-electron chi connectivity index (χ2n) is 6.10. The number of thiophene rings is 1. The van der Waals surface area contributed by atoms with Crippen LogP contribution in [0, 0.1) is 0 Å². The van der Waals surface area contributed by atoms with E-state index in [0.29, 0.717) is 0 Å². The minimum atomic E-state index is 0.114. The van der Waals surface area contributed by atoms with Crippen molar-refractivity contribution < 1.29 is 0 Å². The third-order valence-corrected chi connectivity index (χ3v) is 5.98. The third-order valence-electron chi connectivity index (χ3n) is 3.44. The highest BCUT2D eigenvalue weighted by molar-refractivity contribution is 9.10. The minimum absolute atomic E-state index is 0.114. The second kappa shape index (κ2) is 6.82. The topological polar surface area (TPSA) is 12.0 Å². The van der Waals surface area contributed by atoms with E-state index >= 15 is 0 Å². The van der Waals surface area contributed by atoms with E-state index in [-0.39, 0.29) is 11.5 Å². The van der Waals surface area contributed by atoms with Crippen LogP contribution in [0.2, 0.25) is 4.34 Å². The van der Waals surface area contributed by atoms with Crippen LogP contribution in [0.15, 0.2) is 34.8 Å². The van der Waals surface area contributed by atoms with Crippen LogP contribution < -0.4 is 5.32 Å². The van der Waals surface area contributed by atoms with E-state index in [0.717, 1.165) is 15.4 Å². The Morgan fingerprint density at radius 2 is 1.95 bits per heavy atom. The lowest BCUT2D eigenvalue weighted by Gasteiger charge is -2.27. The lowest BCUT2D eigenvalue weighted by Crippen LogP contribution is -2.25. The summed E-state index contributed by atoms with van der Waals surface area (Å²) in [6.45, 7) is 9.82. The summed E-state index contributed by atoms with van der Waals surface area (Å²) in [5.74, 6) is 0. The fourth-order valence-electron chi connectivity index (χ4n) is 2.51. The lowest BCUT2D eigenvalue weighted by atomic mass is 9.81. The van der Waals surface area contributed by atoms with Crippen molar-refractivity contribution in [1.82, 2.24) is 5.32 Å². The van der Waals surface area contributed by atoms with Crippen LogP contribution in [0.4, 0.5) is 0 Å². The van der Waals surface area contributed by atoms with Crippen LogP contribution in [0.25, 0.3) is 0 Å². The Morgan fingerprint density at radius 1 is 1.29 bits per heavy atom. The number of hydrogen-bond acceptors (Lipinski definition) is 2. The molecule has 0 radical (unpaired) electrons. The molecule has 0 aliphatic rings. The quantitative estimate of drug-likeness (QED) is 0.663. The van der Waals surface area contributed by atoms with Crippen molar-refractivity contribution in [2.45, 2.75) is 39.2 Å². The largest absolute Gasteiger partial charge is 0.306 e. The maximum Gasteiger partial charge on any atom is 0.107 e. The molecular formula is C17H21BrClNS. The van der Waals surface area contributed by atoms with Crippen molar-refractivity contribution in [2.75, 3.05) is 6.54 Å². The van der Waals surface area contributed by atoms with E-state index < -0.39 is 0 Å². The summed E-state index contributed by atoms with van der Waals surface area (Å²) in [5, 5.41) is 3.60. The molecule has 0 aliphatic carbocycles. The Morgan fingerprint density at radius 3 is 2.48 bits per heavy atom. The molecule has 0 saturated heterocycles. The maximum atomic E-state index is 6.23. The standard InChI is InChI=1S/C17H21BrClNS/c1-5-20-15(14-10-13(18)16(19)21-14)11-8-6-7-9-12(11)17(2,3)4/h6-10,15,20H,5H2,1-4H3. The molecule has 0 saturated carbocycles. The third kappa shape index (κ3) is 3.89. The molecule has 0 bridgehead atoms. The van der Waals surface area contributed by atoms with Gasteiger partial charge in [-0.3, -0.25) is 0 Å². The van der Waals surface area contributed by atoms with Gasteiger partial charge < -0.3 is 5.32 Å². The second-order valence-corrected chi connectivity index (χ2v) is 8.64.